The van der Waals surface area contributed by atoms with E-state index in [1.54, 1.807) is 19.1 Å². The van der Waals surface area contributed by atoms with Crippen LogP contribution in [0, 0.1) is 5.82 Å². The number of hydrogen-bond acceptors (Lipinski definition) is 5. The number of hydrogen-bond donors (Lipinski definition) is 0. The molecule has 5 nitrogen and oxygen atoms in total. The molecule has 0 radical (unpaired) electrons. The molecule has 1 fully saturated rings. The van der Waals surface area contributed by atoms with Crippen molar-refractivity contribution in [2.24, 2.45) is 4.99 Å². The molecule has 2 aliphatic rings. The predicted molar refractivity (Wildman–Crippen MR) is 98.9 cm³/mol. The Bertz CT molecular complexity index is 817. The third-order valence-electron chi connectivity index (χ3n) is 4.26. The van der Waals surface area contributed by atoms with Gasteiger partial charge in [0.05, 0.1) is 22.6 Å². The molecule has 0 saturated carbocycles. The minimum atomic E-state index is -0.683. The highest BCUT2D eigenvalue weighted by Gasteiger charge is 2.47. The zero-order valence-electron chi connectivity index (χ0n) is 14.6. The van der Waals surface area contributed by atoms with E-state index in [2.05, 4.69) is 11.6 Å². The van der Waals surface area contributed by atoms with Gasteiger partial charge in [-0.2, -0.15) is 0 Å². The molecule has 1 saturated heterocycles. The molecule has 0 spiro atoms. The summed E-state index contributed by atoms with van der Waals surface area (Å²) in [6.45, 7) is 7.25. The number of benzene rings is 1. The Morgan fingerprint density at radius 1 is 1.42 bits per heavy atom. The van der Waals surface area contributed by atoms with Crippen LogP contribution in [0.5, 0.6) is 0 Å². The quantitative estimate of drug-likeness (QED) is 0.584. The van der Waals surface area contributed by atoms with E-state index in [0.717, 1.165) is 0 Å². The summed E-state index contributed by atoms with van der Waals surface area (Å²) >= 11 is 1.39. The molecule has 0 aromatic heterocycles. The van der Waals surface area contributed by atoms with Gasteiger partial charge in [0.1, 0.15) is 12.4 Å². The first-order valence-electron chi connectivity index (χ1n) is 8.30. The lowest BCUT2D eigenvalue weighted by atomic mass is 9.94. The van der Waals surface area contributed by atoms with Gasteiger partial charge in [-0.25, -0.2) is 14.2 Å². The van der Waals surface area contributed by atoms with Crippen LogP contribution in [-0.2, 0) is 14.3 Å². The van der Waals surface area contributed by atoms with Crippen LogP contribution in [-0.4, -0.2) is 33.8 Å². The molecule has 0 aliphatic carbocycles. The minimum Gasteiger partial charge on any atom is -0.458 e. The number of nitrogens with zero attached hydrogens (tertiary/aromatic N) is 2. The number of allylic oxidation sites excluding steroid dienone is 1. The van der Waals surface area contributed by atoms with E-state index >= 15 is 0 Å². The summed E-state index contributed by atoms with van der Waals surface area (Å²) in [5.74, 6) is -1.05. The first-order valence-corrected chi connectivity index (χ1v) is 9.18. The lowest BCUT2D eigenvalue weighted by molar-refractivity contribution is -0.139. The molecule has 3 rings (SSSR count). The van der Waals surface area contributed by atoms with Crippen molar-refractivity contribution >= 4 is 28.8 Å². The van der Waals surface area contributed by atoms with Crippen molar-refractivity contribution in [3.63, 3.8) is 0 Å². The smallest absolute Gasteiger partial charge is 0.338 e. The van der Waals surface area contributed by atoms with Crippen LogP contribution in [0.4, 0.5) is 4.39 Å². The number of carbonyl (C=O) groups excluding carboxylic acids is 2. The lowest BCUT2D eigenvalue weighted by Gasteiger charge is -2.33. The van der Waals surface area contributed by atoms with Crippen molar-refractivity contribution in [1.29, 1.82) is 0 Å². The van der Waals surface area contributed by atoms with E-state index in [0.29, 0.717) is 22.8 Å². The van der Waals surface area contributed by atoms with Gasteiger partial charge in [-0.1, -0.05) is 43.5 Å². The molecule has 1 amide bonds. The van der Waals surface area contributed by atoms with Gasteiger partial charge in [0.2, 0.25) is 5.91 Å². The normalized spacial score (nSPS) is 22.2. The highest BCUT2D eigenvalue weighted by Crippen LogP contribution is 2.43. The third-order valence-corrected chi connectivity index (χ3v) is 5.58. The van der Waals surface area contributed by atoms with Crippen molar-refractivity contribution in [2.45, 2.75) is 31.6 Å². The average Bonchev–Trinajstić information content (AvgIpc) is 2.94. The summed E-state index contributed by atoms with van der Waals surface area (Å²) in [7, 11) is 0. The Hall–Kier alpha value is -2.41. The maximum atomic E-state index is 13.4. The second-order valence-corrected chi connectivity index (χ2v) is 7.13. The molecule has 1 aromatic rings. The summed E-state index contributed by atoms with van der Waals surface area (Å²) in [5, 5.41) is 0.321. The van der Waals surface area contributed by atoms with E-state index in [1.807, 2.05) is 6.92 Å². The Labute approximate surface area is 155 Å². The van der Waals surface area contributed by atoms with Crippen LogP contribution < -0.4 is 0 Å². The van der Waals surface area contributed by atoms with Gasteiger partial charge >= 0.3 is 5.97 Å². The lowest BCUT2D eigenvalue weighted by Crippen LogP contribution is -2.40. The number of fused-ring (bicyclic) bond motifs is 1. The number of thioether (sulfide) groups is 1. The standard InChI is InChI=1S/C19H19FN2O3S/c1-4-10-25-18(24)15-11(3)21-19-22(17(23)14(5-2)26-19)16(15)12-6-8-13(20)9-7-12/h4,6-9,14,16H,1,5,10H2,2-3H3/t14-,16-/m1/s1. The molecule has 0 bridgehead atoms. The Balaban J connectivity index is 2.10. The van der Waals surface area contributed by atoms with E-state index in [9.17, 15) is 14.0 Å². The number of rotatable bonds is 5. The Kier molecular flexibility index (Phi) is 5.27. The van der Waals surface area contributed by atoms with Crippen LogP contribution in [0.2, 0.25) is 0 Å². The maximum Gasteiger partial charge on any atom is 0.338 e. The van der Waals surface area contributed by atoms with Gasteiger partial charge in [-0.15, -0.1) is 0 Å². The molecular formula is C19H19FN2O3S. The molecule has 0 N–H and O–H groups in total. The Morgan fingerprint density at radius 3 is 2.73 bits per heavy atom. The van der Waals surface area contributed by atoms with Crippen molar-refractivity contribution in [3.8, 4) is 0 Å². The SMILES string of the molecule is C=CCOC(=O)C1=C(C)N=C2S[C@H](CC)C(=O)N2[C@@H]1c1ccc(F)cc1. The van der Waals surface area contributed by atoms with Crippen LogP contribution in [0.1, 0.15) is 31.9 Å². The van der Waals surface area contributed by atoms with Gasteiger partial charge in [0.25, 0.3) is 0 Å². The molecule has 26 heavy (non-hydrogen) atoms. The van der Waals surface area contributed by atoms with Crippen molar-refractivity contribution in [2.75, 3.05) is 6.61 Å². The van der Waals surface area contributed by atoms with E-state index in [4.69, 9.17) is 4.74 Å². The van der Waals surface area contributed by atoms with Crippen molar-refractivity contribution in [1.82, 2.24) is 4.90 Å². The van der Waals surface area contributed by atoms with Crippen LogP contribution in [0.3, 0.4) is 0 Å². The first-order chi connectivity index (χ1) is 12.5. The molecule has 136 valence electrons. The first kappa shape index (κ1) is 18.4. The number of esters is 1. The van der Waals surface area contributed by atoms with E-state index in [1.165, 1.54) is 34.9 Å². The number of aliphatic imine (C=N–C) groups is 1. The summed E-state index contributed by atoms with van der Waals surface area (Å²) in [4.78, 5) is 31.5. The molecule has 2 heterocycles. The molecule has 7 heteroatoms. The summed E-state index contributed by atoms with van der Waals surface area (Å²) in [5.41, 5.74) is 1.42. The summed E-state index contributed by atoms with van der Waals surface area (Å²) in [6.07, 6.45) is 2.13. The zero-order chi connectivity index (χ0) is 18.8. The van der Waals surface area contributed by atoms with E-state index in [-0.39, 0.29) is 29.2 Å². The highest BCUT2D eigenvalue weighted by atomic mass is 32.2. The highest BCUT2D eigenvalue weighted by molar-refractivity contribution is 8.15. The van der Waals surface area contributed by atoms with Gasteiger partial charge in [0.15, 0.2) is 5.17 Å². The fourth-order valence-electron chi connectivity index (χ4n) is 3.02. The molecular weight excluding hydrogens is 355 g/mol. The molecule has 0 unspecified atom stereocenters. The second kappa shape index (κ2) is 7.45. The summed E-state index contributed by atoms with van der Waals surface area (Å²) in [6, 6.07) is 5.10. The van der Waals surface area contributed by atoms with E-state index < -0.39 is 12.0 Å². The largest absolute Gasteiger partial charge is 0.458 e. The number of amides is 1. The average molecular weight is 374 g/mol. The van der Waals surface area contributed by atoms with Crippen LogP contribution in [0.25, 0.3) is 0 Å². The van der Waals surface area contributed by atoms with Gasteiger partial charge in [0, 0.05) is 0 Å². The van der Waals surface area contributed by atoms with Gasteiger partial charge in [-0.3, -0.25) is 9.69 Å². The number of halogens is 1. The topological polar surface area (TPSA) is 59.0 Å². The zero-order valence-corrected chi connectivity index (χ0v) is 15.4. The maximum absolute atomic E-state index is 13.4. The molecule has 2 aliphatic heterocycles. The van der Waals surface area contributed by atoms with Crippen LogP contribution in [0.15, 0.2) is 53.2 Å². The molecule has 2 atom stereocenters. The number of carbonyl (C=O) groups is 2. The van der Waals surface area contributed by atoms with Gasteiger partial charge < -0.3 is 4.74 Å². The van der Waals surface area contributed by atoms with Gasteiger partial charge in [-0.05, 0) is 31.0 Å². The van der Waals surface area contributed by atoms with Crippen molar-refractivity contribution in [3.05, 3.63) is 59.6 Å². The molecule has 1 aromatic carbocycles. The minimum absolute atomic E-state index is 0.0581. The van der Waals surface area contributed by atoms with Crippen LogP contribution >= 0.6 is 11.8 Å². The Morgan fingerprint density at radius 2 is 2.12 bits per heavy atom. The number of amidine groups is 1. The number of ether oxygens (including phenoxy) is 1. The fraction of sp³-hybridized carbons (Fsp3) is 0.316. The fourth-order valence-corrected chi connectivity index (χ4v) is 4.16. The third kappa shape index (κ3) is 3.19. The van der Waals surface area contributed by atoms with Crippen molar-refractivity contribution < 1.29 is 18.7 Å². The predicted octanol–water partition coefficient (Wildman–Crippen LogP) is 3.59. The monoisotopic (exact) mass is 374 g/mol. The summed E-state index contributed by atoms with van der Waals surface area (Å²) < 4.78 is 18.6. The second-order valence-electron chi connectivity index (χ2n) is 5.96.